The summed E-state index contributed by atoms with van der Waals surface area (Å²) in [5.74, 6) is 0. The van der Waals surface area contributed by atoms with Crippen molar-refractivity contribution in [1.29, 1.82) is 0 Å². The molecule has 0 fully saturated rings. The summed E-state index contributed by atoms with van der Waals surface area (Å²) in [7, 11) is 1.58. The fraction of sp³-hybridized carbons (Fsp3) is 0.909. The van der Waals surface area contributed by atoms with E-state index in [4.69, 9.17) is 4.74 Å². The first-order chi connectivity index (χ1) is 7.27. The fourth-order valence-corrected chi connectivity index (χ4v) is 1.06. The van der Waals surface area contributed by atoms with E-state index in [0.717, 1.165) is 0 Å². The number of amides is 2. The third-order valence-electron chi connectivity index (χ3n) is 2.25. The molecular formula is C11H24N2O3. The molecular weight excluding hydrogens is 208 g/mol. The molecule has 96 valence electrons. The number of ether oxygens (including phenoxy) is 1. The molecule has 0 aromatic heterocycles. The molecule has 0 aliphatic heterocycles. The molecule has 16 heavy (non-hydrogen) atoms. The SMILES string of the molecule is COCC(C)NC(=O)NCC(O)C(C)(C)C. The van der Waals surface area contributed by atoms with Crippen LogP contribution in [0.3, 0.4) is 0 Å². The van der Waals surface area contributed by atoms with Crippen molar-refractivity contribution in [1.82, 2.24) is 10.6 Å². The Bertz CT molecular complexity index is 214. The van der Waals surface area contributed by atoms with Crippen molar-refractivity contribution in [2.75, 3.05) is 20.3 Å². The van der Waals surface area contributed by atoms with Crippen molar-refractivity contribution in [2.24, 2.45) is 5.41 Å². The lowest BCUT2D eigenvalue weighted by Gasteiger charge is -2.26. The second-order valence-corrected chi connectivity index (χ2v) is 5.09. The number of carbonyl (C=O) groups excluding carboxylic acids is 1. The number of hydrogen-bond acceptors (Lipinski definition) is 3. The number of nitrogens with one attached hydrogen (secondary N) is 2. The predicted octanol–water partition coefficient (Wildman–Crippen LogP) is 0.727. The molecule has 0 aliphatic rings. The summed E-state index contributed by atoms with van der Waals surface area (Å²) in [6, 6.07) is -0.329. The zero-order chi connectivity index (χ0) is 12.8. The Balaban J connectivity index is 3.82. The van der Waals surface area contributed by atoms with Gasteiger partial charge in [-0.15, -0.1) is 0 Å². The van der Waals surface area contributed by atoms with Crippen LogP contribution in [0.25, 0.3) is 0 Å². The van der Waals surface area contributed by atoms with Crippen LogP contribution in [0.4, 0.5) is 4.79 Å². The minimum Gasteiger partial charge on any atom is -0.391 e. The molecule has 0 saturated heterocycles. The molecule has 2 unspecified atom stereocenters. The summed E-state index contributed by atoms with van der Waals surface area (Å²) >= 11 is 0. The van der Waals surface area contributed by atoms with Gasteiger partial charge in [-0.2, -0.15) is 0 Å². The van der Waals surface area contributed by atoms with E-state index in [0.29, 0.717) is 6.61 Å². The Labute approximate surface area is 97.6 Å². The van der Waals surface area contributed by atoms with Crippen molar-refractivity contribution in [3.63, 3.8) is 0 Å². The number of hydrogen-bond donors (Lipinski definition) is 3. The first-order valence-electron chi connectivity index (χ1n) is 5.48. The highest BCUT2D eigenvalue weighted by Crippen LogP contribution is 2.17. The van der Waals surface area contributed by atoms with Gasteiger partial charge in [0.15, 0.2) is 0 Å². The van der Waals surface area contributed by atoms with Gasteiger partial charge in [0.25, 0.3) is 0 Å². The third kappa shape index (κ3) is 6.63. The summed E-state index contributed by atoms with van der Waals surface area (Å²) in [4.78, 5) is 11.4. The minimum absolute atomic E-state index is 0.0446. The zero-order valence-corrected chi connectivity index (χ0v) is 10.8. The molecule has 0 aromatic carbocycles. The van der Waals surface area contributed by atoms with Crippen molar-refractivity contribution in [3.8, 4) is 0 Å². The van der Waals surface area contributed by atoms with Crippen LogP contribution in [0, 0.1) is 5.41 Å². The van der Waals surface area contributed by atoms with Crippen molar-refractivity contribution in [3.05, 3.63) is 0 Å². The molecule has 0 bridgehead atoms. The second kappa shape index (κ2) is 6.70. The standard InChI is InChI=1S/C11H24N2O3/c1-8(7-16-5)13-10(15)12-6-9(14)11(2,3)4/h8-9,14H,6-7H2,1-5H3,(H2,12,13,15). The number of rotatable bonds is 5. The smallest absolute Gasteiger partial charge is 0.315 e. The lowest BCUT2D eigenvalue weighted by Crippen LogP contribution is -2.47. The highest BCUT2D eigenvalue weighted by atomic mass is 16.5. The lowest BCUT2D eigenvalue weighted by molar-refractivity contribution is 0.0647. The largest absolute Gasteiger partial charge is 0.391 e. The average Bonchev–Trinajstić information content (AvgIpc) is 2.12. The van der Waals surface area contributed by atoms with Crippen molar-refractivity contribution >= 4 is 6.03 Å². The quantitative estimate of drug-likeness (QED) is 0.654. The van der Waals surface area contributed by atoms with Gasteiger partial charge in [-0.05, 0) is 12.3 Å². The lowest BCUT2D eigenvalue weighted by atomic mass is 9.89. The zero-order valence-electron chi connectivity index (χ0n) is 10.8. The summed E-state index contributed by atoms with van der Waals surface area (Å²) in [5.41, 5.74) is -0.231. The third-order valence-corrected chi connectivity index (χ3v) is 2.25. The van der Waals surface area contributed by atoms with Gasteiger partial charge in [0, 0.05) is 13.7 Å². The Hall–Kier alpha value is -0.810. The van der Waals surface area contributed by atoms with Gasteiger partial charge < -0.3 is 20.5 Å². The van der Waals surface area contributed by atoms with Crippen molar-refractivity contribution < 1.29 is 14.6 Å². The molecule has 0 heterocycles. The number of carbonyl (C=O) groups is 1. The summed E-state index contributed by atoms with van der Waals surface area (Å²) in [6.07, 6.45) is -0.559. The Morgan fingerprint density at radius 1 is 1.44 bits per heavy atom. The van der Waals surface area contributed by atoms with Crippen LogP contribution in [0.15, 0.2) is 0 Å². The van der Waals surface area contributed by atoms with E-state index in [-0.39, 0.29) is 24.0 Å². The number of aliphatic hydroxyl groups excluding tert-OH is 1. The van der Waals surface area contributed by atoms with E-state index in [1.54, 1.807) is 7.11 Å². The van der Waals surface area contributed by atoms with Crippen LogP contribution in [-0.4, -0.2) is 43.5 Å². The predicted molar refractivity (Wildman–Crippen MR) is 63.3 cm³/mol. The molecule has 0 rings (SSSR count). The van der Waals surface area contributed by atoms with Crippen LogP contribution in [0.5, 0.6) is 0 Å². The van der Waals surface area contributed by atoms with Crippen LogP contribution in [0.2, 0.25) is 0 Å². The van der Waals surface area contributed by atoms with Gasteiger partial charge in [0.05, 0.1) is 18.8 Å². The molecule has 2 amide bonds. The van der Waals surface area contributed by atoms with E-state index in [1.807, 2.05) is 27.7 Å². The maximum atomic E-state index is 11.4. The van der Waals surface area contributed by atoms with Gasteiger partial charge >= 0.3 is 6.03 Å². The Morgan fingerprint density at radius 2 is 2.00 bits per heavy atom. The van der Waals surface area contributed by atoms with Crippen LogP contribution < -0.4 is 10.6 Å². The molecule has 3 N–H and O–H groups in total. The monoisotopic (exact) mass is 232 g/mol. The molecule has 2 atom stereocenters. The first-order valence-corrected chi connectivity index (χ1v) is 5.48. The second-order valence-electron chi connectivity index (χ2n) is 5.09. The van der Waals surface area contributed by atoms with E-state index < -0.39 is 6.10 Å². The molecule has 0 radical (unpaired) electrons. The molecule has 0 aliphatic carbocycles. The van der Waals surface area contributed by atoms with Gasteiger partial charge in [-0.25, -0.2) is 4.79 Å². The Morgan fingerprint density at radius 3 is 2.44 bits per heavy atom. The maximum Gasteiger partial charge on any atom is 0.315 e. The normalized spacial score (nSPS) is 15.4. The molecule has 0 saturated carbocycles. The topological polar surface area (TPSA) is 70.6 Å². The first kappa shape index (κ1) is 15.2. The van der Waals surface area contributed by atoms with Gasteiger partial charge in [0.1, 0.15) is 0 Å². The Kier molecular flexibility index (Phi) is 6.36. The number of methoxy groups -OCH3 is 1. The molecule has 0 spiro atoms. The van der Waals surface area contributed by atoms with Crippen LogP contribution in [-0.2, 0) is 4.74 Å². The average molecular weight is 232 g/mol. The van der Waals surface area contributed by atoms with Gasteiger partial charge in [-0.3, -0.25) is 0 Å². The molecule has 0 aromatic rings. The van der Waals surface area contributed by atoms with E-state index >= 15 is 0 Å². The van der Waals surface area contributed by atoms with Gasteiger partial charge in [-0.1, -0.05) is 20.8 Å². The van der Waals surface area contributed by atoms with E-state index in [9.17, 15) is 9.90 Å². The van der Waals surface area contributed by atoms with E-state index in [1.165, 1.54) is 0 Å². The number of urea groups is 1. The van der Waals surface area contributed by atoms with Crippen LogP contribution in [0.1, 0.15) is 27.7 Å². The minimum atomic E-state index is -0.559. The maximum absolute atomic E-state index is 11.4. The van der Waals surface area contributed by atoms with Gasteiger partial charge in [0.2, 0.25) is 0 Å². The van der Waals surface area contributed by atoms with Crippen LogP contribution >= 0.6 is 0 Å². The summed E-state index contributed by atoms with van der Waals surface area (Å²) in [5, 5.41) is 15.0. The highest BCUT2D eigenvalue weighted by molar-refractivity contribution is 5.74. The summed E-state index contributed by atoms with van der Waals surface area (Å²) < 4.78 is 4.89. The van der Waals surface area contributed by atoms with Crippen molar-refractivity contribution in [2.45, 2.75) is 39.8 Å². The molecule has 5 heteroatoms. The molecule has 5 nitrogen and oxygen atoms in total. The summed E-state index contributed by atoms with van der Waals surface area (Å²) in [6.45, 7) is 8.33. The fourth-order valence-electron chi connectivity index (χ4n) is 1.06. The van der Waals surface area contributed by atoms with E-state index in [2.05, 4.69) is 10.6 Å². The number of aliphatic hydroxyl groups is 1. The highest BCUT2D eigenvalue weighted by Gasteiger charge is 2.22.